The summed E-state index contributed by atoms with van der Waals surface area (Å²) in [6, 6.07) is 29.0. The minimum absolute atomic E-state index is 0.00929. The molecule has 1 N–H and O–H groups in total. The molecule has 0 atom stereocenters. The van der Waals surface area contributed by atoms with E-state index >= 15 is 0 Å². The van der Waals surface area contributed by atoms with E-state index in [-0.39, 0.29) is 11.9 Å². The quantitative estimate of drug-likeness (QED) is 0.702. The summed E-state index contributed by atoms with van der Waals surface area (Å²) >= 11 is 0. The molecule has 0 heterocycles. The van der Waals surface area contributed by atoms with Crippen LogP contribution < -0.4 is 21.2 Å². The average Bonchev–Trinajstić information content (AvgIpc) is 2.64. The van der Waals surface area contributed by atoms with Crippen molar-refractivity contribution < 1.29 is 4.79 Å². The van der Waals surface area contributed by atoms with Crippen LogP contribution in [0.2, 0.25) is 0 Å². The molecule has 0 aliphatic carbocycles. The zero-order valence-electron chi connectivity index (χ0n) is 14.5. The Bertz CT molecular complexity index is 791. The van der Waals surface area contributed by atoms with Gasteiger partial charge in [-0.3, -0.25) is 4.79 Å². The van der Waals surface area contributed by atoms with Gasteiger partial charge in [0, 0.05) is 11.6 Å². The fourth-order valence-electron chi connectivity index (χ4n) is 2.78. The Kier molecular flexibility index (Phi) is 5.63. The van der Waals surface area contributed by atoms with Crippen molar-refractivity contribution in [1.82, 2.24) is 5.32 Å². The Hall–Kier alpha value is -2.44. The molecule has 0 aromatic heterocycles. The normalized spacial score (nSPS) is 10.9. The summed E-state index contributed by atoms with van der Waals surface area (Å²) in [5, 5.41) is 6.61. The number of hydrogen-bond donors (Lipinski definition) is 1. The molecular formula is C22H22NOP. The van der Waals surface area contributed by atoms with Crippen LogP contribution in [-0.2, 0) is 0 Å². The van der Waals surface area contributed by atoms with Crippen molar-refractivity contribution in [1.29, 1.82) is 0 Å². The van der Waals surface area contributed by atoms with Gasteiger partial charge in [0.05, 0.1) is 0 Å². The lowest BCUT2D eigenvalue weighted by Crippen LogP contribution is -2.34. The van der Waals surface area contributed by atoms with Crippen molar-refractivity contribution >= 4 is 29.7 Å². The highest BCUT2D eigenvalue weighted by Gasteiger charge is 2.22. The maximum absolute atomic E-state index is 12.7. The van der Waals surface area contributed by atoms with Gasteiger partial charge in [0.1, 0.15) is 0 Å². The van der Waals surface area contributed by atoms with Crippen molar-refractivity contribution in [2.75, 3.05) is 0 Å². The lowest BCUT2D eigenvalue weighted by Gasteiger charge is -2.22. The van der Waals surface area contributed by atoms with E-state index in [1.165, 1.54) is 10.6 Å². The SMILES string of the molecule is CC(C)NC(=O)c1ccccc1P(c1ccccc1)c1ccccc1. The van der Waals surface area contributed by atoms with Crippen LogP contribution in [0.3, 0.4) is 0 Å². The van der Waals surface area contributed by atoms with E-state index in [2.05, 4.69) is 59.9 Å². The Morgan fingerprint density at radius 3 is 1.76 bits per heavy atom. The highest BCUT2D eigenvalue weighted by Crippen LogP contribution is 2.33. The largest absolute Gasteiger partial charge is 0.350 e. The fraction of sp³-hybridized carbons (Fsp3) is 0.136. The summed E-state index contributed by atoms with van der Waals surface area (Å²) in [4.78, 5) is 12.7. The van der Waals surface area contributed by atoms with Gasteiger partial charge in [-0.2, -0.15) is 0 Å². The Morgan fingerprint density at radius 1 is 0.760 bits per heavy atom. The molecular weight excluding hydrogens is 325 g/mol. The summed E-state index contributed by atoms with van der Waals surface area (Å²) in [6.45, 7) is 3.97. The first-order valence-corrected chi connectivity index (χ1v) is 9.81. The molecule has 0 saturated carbocycles. The zero-order chi connectivity index (χ0) is 17.6. The first kappa shape index (κ1) is 17.4. The second-order valence-corrected chi connectivity index (χ2v) is 8.34. The van der Waals surface area contributed by atoms with Gasteiger partial charge in [-0.1, -0.05) is 78.9 Å². The van der Waals surface area contributed by atoms with Crippen LogP contribution in [0.15, 0.2) is 84.9 Å². The van der Waals surface area contributed by atoms with E-state index in [0.29, 0.717) is 0 Å². The molecule has 1 amide bonds. The molecule has 0 radical (unpaired) electrons. The standard InChI is InChI=1S/C22H22NOP/c1-17(2)23-22(24)20-15-9-10-16-21(20)25(18-11-5-3-6-12-18)19-13-7-4-8-14-19/h3-17H,1-2H3,(H,23,24). The maximum Gasteiger partial charge on any atom is 0.252 e. The lowest BCUT2D eigenvalue weighted by molar-refractivity contribution is 0.0944. The monoisotopic (exact) mass is 347 g/mol. The number of benzene rings is 3. The van der Waals surface area contributed by atoms with Gasteiger partial charge < -0.3 is 5.32 Å². The van der Waals surface area contributed by atoms with E-state index in [4.69, 9.17) is 0 Å². The first-order chi connectivity index (χ1) is 12.2. The molecule has 0 fully saturated rings. The van der Waals surface area contributed by atoms with E-state index < -0.39 is 7.92 Å². The van der Waals surface area contributed by atoms with Crippen LogP contribution in [0.4, 0.5) is 0 Å². The third kappa shape index (κ3) is 4.15. The molecule has 0 saturated heterocycles. The molecule has 3 heteroatoms. The van der Waals surface area contributed by atoms with Gasteiger partial charge in [-0.05, 0) is 43.7 Å². The molecule has 2 nitrogen and oxygen atoms in total. The van der Waals surface area contributed by atoms with Crippen molar-refractivity contribution in [3.8, 4) is 0 Å². The highest BCUT2D eigenvalue weighted by molar-refractivity contribution is 7.80. The minimum Gasteiger partial charge on any atom is -0.350 e. The molecule has 3 aromatic carbocycles. The molecule has 0 aliphatic heterocycles. The predicted molar refractivity (Wildman–Crippen MR) is 108 cm³/mol. The molecule has 0 spiro atoms. The molecule has 0 unspecified atom stereocenters. The summed E-state index contributed by atoms with van der Waals surface area (Å²) < 4.78 is 0. The van der Waals surface area contributed by atoms with Crippen molar-refractivity contribution in [2.24, 2.45) is 0 Å². The van der Waals surface area contributed by atoms with Gasteiger partial charge in [-0.25, -0.2) is 0 Å². The van der Waals surface area contributed by atoms with E-state index in [9.17, 15) is 4.79 Å². The van der Waals surface area contributed by atoms with Crippen molar-refractivity contribution in [3.05, 3.63) is 90.5 Å². The summed E-state index contributed by atoms with van der Waals surface area (Å²) in [5.41, 5.74) is 0.759. The molecule has 0 aliphatic rings. The Morgan fingerprint density at radius 2 is 1.24 bits per heavy atom. The topological polar surface area (TPSA) is 29.1 Å². The summed E-state index contributed by atoms with van der Waals surface area (Å²) in [7, 11) is -0.785. The predicted octanol–water partition coefficient (Wildman–Crippen LogP) is 3.58. The third-order valence-corrected chi connectivity index (χ3v) is 6.34. The number of carbonyl (C=O) groups is 1. The molecule has 0 bridgehead atoms. The van der Waals surface area contributed by atoms with Gasteiger partial charge in [0.15, 0.2) is 0 Å². The second-order valence-electron chi connectivity index (χ2n) is 6.15. The Labute approximate surface area is 150 Å². The van der Waals surface area contributed by atoms with Crippen molar-refractivity contribution in [3.63, 3.8) is 0 Å². The van der Waals surface area contributed by atoms with Gasteiger partial charge >= 0.3 is 0 Å². The number of amides is 1. The van der Waals surface area contributed by atoms with E-state index in [1.54, 1.807) is 0 Å². The van der Waals surface area contributed by atoms with Crippen LogP contribution in [0.25, 0.3) is 0 Å². The average molecular weight is 347 g/mol. The van der Waals surface area contributed by atoms with E-state index in [1.807, 2.05) is 44.2 Å². The highest BCUT2D eigenvalue weighted by atomic mass is 31.1. The number of hydrogen-bond acceptors (Lipinski definition) is 1. The van der Waals surface area contributed by atoms with Crippen LogP contribution in [0, 0.1) is 0 Å². The van der Waals surface area contributed by atoms with Crippen molar-refractivity contribution in [2.45, 2.75) is 19.9 Å². The van der Waals surface area contributed by atoms with Crippen LogP contribution in [0.1, 0.15) is 24.2 Å². The molecule has 25 heavy (non-hydrogen) atoms. The zero-order valence-corrected chi connectivity index (χ0v) is 15.4. The fourth-order valence-corrected chi connectivity index (χ4v) is 5.23. The number of rotatable bonds is 5. The van der Waals surface area contributed by atoms with Crippen LogP contribution >= 0.6 is 7.92 Å². The smallest absolute Gasteiger partial charge is 0.252 e. The second kappa shape index (κ2) is 8.09. The van der Waals surface area contributed by atoms with Crippen LogP contribution in [0.5, 0.6) is 0 Å². The maximum atomic E-state index is 12.7. The summed E-state index contributed by atoms with van der Waals surface area (Å²) in [5.74, 6) is -0.00929. The first-order valence-electron chi connectivity index (χ1n) is 8.47. The third-order valence-electron chi connectivity index (χ3n) is 3.84. The van der Waals surface area contributed by atoms with Gasteiger partial charge in [0.25, 0.3) is 5.91 Å². The summed E-state index contributed by atoms with van der Waals surface area (Å²) in [6.07, 6.45) is 0. The Balaban J connectivity index is 2.14. The minimum atomic E-state index is -0.785. The molecule has 126 valence electrons. The lowest BCUT2D eigenvalue weighted by atomic mass is 10.2. The van der Waals surface area contributed by atoms with Crippen LogP contribution in [-0.4, -0.2) is 11.9 Å². The van der Waals surface area contributed by atoms with Gasteiger partial charge in [0.2, 0.25) is 0 Å². The number of nitrogens with one attached hydrogen (secondary N) is 1. The molecule has 3 rings (SSSR count). The van der Waals surface area contributed by atoms with E-state index in [0.717, 1.165) is 10.9 Å². The number of carbonyl (C=O) groups excluding carboxylic acids is 1. The molecule has 3 aromatic rings. The van der Waals surface area contributed by atoms with Gasteiger partial charge in [-0.15, -0.1) is 0 Å².